The number of hydrogen-bond donors (Lipinski definition) is 1. The number of nitrogens with one attached hydrogen (secondary N) is 1. The lowest BCUT2D eigenvalue weighted by Gasteiger charge is -2.26. The van der Waals surface area contributed by atoms with Crippen LogP contribution in [0.5, 0.6) is 0 Å². The first-order chi connectivity index (χ1) is 12.3. The van der Waals surface area contributed by atoms with Crippen molar-refractivity contribution >= 4 is 17.0 Å². The van der Waals surface area contributed by atoms with Crippen molar-refractivity contribution in [2.45, 2.75) is 32.1 Å². The smallest absolute Gasteiger partial charge is 0.290 e. The number of aromatic nitrogens is 3. The molecule has 1 fully saturated rings. The van der Waals surface area contributed by atoms with Gasteiger partial charge in [-0.3, -0.25) is 4.90 Å². The van der Waals surface area contributed by atoms with E-state index in [1.54, 1.807) is 0 Å². The average Bonchev–Trinajstić information content (AvgIpc) is 3.08. The third-order valence-electron chi connectivity index (χ3n) is 5.09. The molecule has 0 atom stereocenters. The second-order valence-electron chi connectivity index (χ2n) is 6.86. The van der Waals surface area contributed by atoms with E-state index >= 15 is 0 Å². The number of aryl methyl sites for hydroxylation is 2. The number of ether oxygens (including phenoxy) is 1. The van der Waals surface area contributed by atoms with Crippen molar-refractivity contribution in [3.05, 3.63) is 28.5 Å². The predicted octanol–water partition coefficient (Wildman–Crippen LogP) is 1.28. The zero-order chi connectivity index (χ0) is 17.1. The summed E-state index contributed by atoms with van der Waals surface area (Å²) in [6, 6.07) is 4.01. The Kier molecular flexibility index (Phi) is 4.94. The summed E-state index contributed by atoms with van der Waals surface area (Å²) < 4.78 is 5.36. The van der Waals surface area contributed by atoms with Gasteiger partial charge in [0, 0.05) is 25.7 Å². The van der Waals surface area contributed by atoms with Crippen LogP contribution in [0.15, 0.2) is 12.1 Å². The van der Waals surface area contributed by atoms with Gasteiger partial charge < -0.3 is 15.3 Å². The van der Waals surface area contributed by atoms with Gasteiger partial charge in [-0.1, -0.05) is 0 Å². The number of rotatable bonds is 6. The van der Waals surface area contributed by atoms with Crippen molar-refractivity contribution in [3.8, 4) is 0 Å². The van der Waals surface area contributed by atoms with Gasteiger partial charge >= 0.3 is 0 Å². The van der Waals surface area contributed by atoms with E-state index in [-0.39, 0.29) is 0 Å². The van der Waals surface area contributed by atoms with Gasteiger partial charge in [-0.15, -0.1) is 0 Å². The molecule has 2 aromatic rings. The summed E-state index contributed by atoms with van der Waals surface area (Å²) in [5, 5.41) is 19.4. The average molecular weight is 343 g/mol. The quantitative estimate of drug-likeness (QED) is 0.484. The molecule has 0 radical (unpaired) electrons. The van der Waals surface area contributed by atoms with Crippen molar-refractivity contribution in [1.29, 1.82) is 0 Å². The van der Waals surface area contributed by atoms with Gasteiger partial charge in [0.15, 0.2) is 0 Å². The summed E-state index contributed by atoms with van der Waals surface area (Å²) in [4.78, 5) is 7.67. The zero-order valence-corrected chi connectivity index (χ0v) is 14.5. The van der Waals surface area contributed by atoms with Crippen molar-refractivity contribution in [2.24, 2.45) is 0 Å². The van der Waals surface area contributed by atoms with Gasteiger partial charge in [0.2, 0.25) is 0 Å². The standard InChI is InChI=1S/C18H25N5O2/c24-23-17-13-15-5-3-4-14(15)12-16(17)20-18(21-23)19-6-1-2-7-22-8-10-25-11-9-22/h12-13H,1-11H2,(H,19,20,21). The van der Waals surface area contributed by atoms with Crippen LogP contribution in [0.3, 0.4) is 0 Å². The summed E-state index contributed by atoms with van der Waals surface area (Å²) in [6.45, 7) is 5.62. The summed E-state index contributed by atoms with van der Waals surface area (Å²) in [5.74, 6) is 0.423. The molecule has 7 heteroatoms. The van der Waals surface area contributed by atoms with Crippen molar-refractivity contribution in [1.82, 2.24) is 15.0 Å². The number of anilines is 1. The van der Waals surface area contributed by atoms with Crippen LogP contribution in [0.25, 0.3) is 11.0 Å². The van der Waals surface area contributed by atoms with Gasteiger partial charge in [0.05, 0.1) is 18.3 Å². The van der Waals surface area contributed by atoms with Crippen LogP contribution >= 0.6 is 0 Å². The molecular weight excluding hydrogens is 318 g/mol. The van der Waals surface area contributed by atoms with Crippen molar-refractivity contribution in [2.75, 3.05) is 44.7 Å². The third-order valence-corrected chi connectivity index (χ3v) is 5.09. The molecule has 0 bridgehead atoms. The van der Waals surface area contributed by atoms with E-state index in [1.807, 2.05) is 6.07 Å². The molecule has 7 nitrogen and oxygen atoms in total. The van der Waals surface area contributed by atoms with E-state index in [0.29, 0.717) is 16.3 Å². The molecule has 1 N–H and O–H groups in total. The maximum atomic E-state index is 12.2. The molecule has 1 saturated heterocycles. The predicted molar refractivity (Wildman–Crippen MR) is 95.5 cm³/mol. The molecule has 1 aromatic heterocycles. The molecular formula is C18H25N5O2. The zero-order valence-electron chi connectivity index (χ0n) is 14.5. The molecule has 0 unspecified atom stereocenters. The van der Waals surface area contributed by atoms with Crippen LogP contribution in [-0.2, 0) is 17.6 Å². The highest BCUT2D eigenvalue weighted by Crippen LogP contribution is 2.25. The molecule has 25 heavy (non-hydrogen) atoms. The molecule has 0 saturated carbocycles. The Bertz CT molecular complexity index is 746. The molecule has 4 rings (SSSR count). The van der Waals surface area contributed by atoms with Crippen molar-refractivity contribution < 1.29 is 9.58 Å². The maximum Gasteiger partial charge on any atom is 0.290 e. The number of nitrogens with zero attached hydrogens (tertiary/aromatic N) is 4. The van der Waals surface area contributed by atoms with Crippen LogP contribution < -0.4 is 10.2 Å². The van der Waals surface area contributed by atoms with Gasteiger partial charge in [-0.25, -0.2) is 4.98 Å². The second kappa shape index (κ2) is 7.49. The fourth-order valence-corrected chi connectivity index (χ4v) is 3.68. The summed E-state index contributed by atoms with van der Waals surface area (Å²) in [5.41, 5.74) is 3.90. The first kappa shape index (κ1) is 16.5. The largest absolute Gasteiger partial charge is 0.594 e. The van der Waals surface area contributed by atoms with Crippen molar-refractivity contribution in [3.63, 3.8) is 0 Å². The van der Waals surface area contributed by atoms with Crippen LogP contribution in [0.4, 0.5) is 5.95 Å². The van der Waals surface area contributed by atoms with Gasteiger partial charge in [-0.2, -0.15) is 0 Å². The van der Waals surface area contributed by atoms with E-state index in [0.717, 1.165) is 77.0 Å². The molecule has 2 heterocycles. The molecule has 1 aliphatic heterocycles. The van der Waals surface area contributed by atoms with E-state index in [1.165, 1.54) is 11.1 Å². The Hall–Kier alpha value is -1.99. The topological polar surface area (TPSA) is 77.2 Å². The Morgan fingerprint density at radius 3 is 2.80 bits per heavy atom. The Morgan fingerprint density at radius 1 is 1.16 bits per heavy atom. The minimum Gasteiger partial charge on any atom is -0.594 e. The molecule has 0 amide bonds. The second-order valence-corrected chi connectivity index (χ2v) is 6.86. The minimum absolute atomic E-state index is 0.423. The van der Waals surface area contributed by atoms with E-state index < -0.39 is 0 Å². The van der Waals surface area contributed by atoms with Gasteiger partial charge in [0.25, 0.3) is 11.5 Å². The summed E-state index contributed by atoms with van der Waals surface area (Å²) in [6.07, 6.45) is 5.44. The number of unbranched alkanes of at least 4 members (excludes halogenated alkanes) is 1. The molecule has 134 valence electrons. The Balaban J connectivity index is 1.33. The van der Waals surface area contributed by atoms with Crippen LogP contribution in [-0.4, -0.2) is 54.4 Å². The SMILES string of the molecule is [O-][n+]1nc(NCCCCN2CCOCC2)nc2cc3c(cc21)CCC3. The lowest BCUT2D eigenvalue weighted by atomic mass is 10.1. The number of hydrogen-bond acceptors (Lipinski definition) is 6. The fraction of sp³-hybridized carbons (Fsp3) is 0.611. The third kappa shape index (κ3) is 3.82. The van der Waals surface area contributed by atoms with Crippen LogP contribution in [0, 0.1) is 5.21 Å². The lowest BCUT2D eigenvalue weighted by molar-refractivity contribution is -0.641. The number of fused-ring (bicyclic) bond motifs is 2. The summed E-state index contributed by atoms with van der Waals surface area (Å²) in [7, 11) is 0. The Labute approximate surface area is 147 Å². The van der Waals surface area contributed by atoms with E-state index in [2.05, 4.69) is 26.4 Å². The van der Waals surface area contributed by atoms with Gasteiger partial charge in [0.1, 0.15) is 5.52 Å². The van der Waals surface area contributed by atoms with Crippen LogP contribution in [0.2, 0.25) is 0 Å². The van der Waals surface area contributed by atoms with Gasteiger partial charge in [-0.05, 0) is 60.7 Å². The normalized spacial score (nSPS) is 17.8. The first-order valence-electron chi connectivity index (χ1n) is 9.27. The highest BCUT2D eigenvalue weighted by atomic mass is 16.5. The molecule has 0 spiro atoms. The van der Waals surface area contributed by atoms with E-state index in [9.17, 15) is 5.21 Å². The molecule has 1 aromatic carbocycles. The first-order valence-corrected chi connectivity index (χ1v) is 9.27. The lowest BCUT2D eigenvalue weighted by Crippen LogP contribution is -2.37. The molecule has 2 aliphatic rings. The van der Waals surface area contributed by atoms with E-state index in [4.69, 9.17) is 4.74 Å². The Morgan fingerprint density at radius 2 is 1.96 bits per heavy atom. The number of benzene rings is 1. The minimum atomic E-state index is 0.423. The maximum absolute atomic E-state index is 12.2. The van der Waals surface area contributed by atoms with Crippen LogP contribution in [0.1, 0.15) is 30.4 Å². The number of morpholine rings is 1. The highest BCUT2D eigenvalue weighted by molar-refractivity contribution is 5.74. The monoisotopic (exact) mass is 343 g/mol. The fourth-order valence-electron chi connectivity index (χ4n) is 3.68. The molecule has 1 aliphatic carbocycles. The summed E-state index contributed by atoms with van der Waals surface area (Å²) >= 11 is 0. The highest BCUT2D eigenvalue weighted by Gasteiger charge is 2.18.